The van der Waals surface area contributed by atoms with Crippen molar-refractivity contribution in [2.24, 2.45) is 0 Å². The van der Waals surface area contributed by atoms with Gasteiger partial charge < -0.3 is 24.6 Å². The van der Waals surface area contributed by atoms with Gasteiger partial charge in [-0.15, -0.1) is 0 Å². The number of aliphatic carboxylic acids is 2. The molecule has 0 aliphatic carbocycles. The number of fused-ring (bicyclic) bond motifs is 2. The number of nitrogens with zero attached hydrogens (tertiary/aromatic N) is 7. The highest BCUT2D eigenvalue weighted by Gasteiger charge is 2.47. The second kappa shape index (κ2) is 14.3. The average Bonchev–Trinajstić information content (AvgIpc) is 3.34. The van der Waals surface area contributed by atoms with Crippen LogP contribution in [0.1, 0.15) is 66.0 Å². The van der Waals surface area contributed by atoms with Crippen LogP contribution in [0.15, 0.2) is 36.8 Å². The smallest absolute Gasteiger partial charge is 0.475 e. The van der Waals surface area contributed by atoms with E-state index in [9.17, 15) is 31.1 Å². The molecule has 1 fully saturated rings. The molecule has 3 aromatic heterocycles. The van der Waals surface area contributed by atoms with Gasteiger partial charge in [0, 0.05) is 49.7 Å². The summed E-state index contributed by atoms with van der Waals surface area (Å²) in [5, 5.41) is 14.2. The summed E-state index contributed by atoms with van der Waals surface area (Å²) in [5.74, 6) is -3.73. The van der Waals surface area contributed by atoms with Gasteiger partial charge in [-0.3, -0.25) is 9.78 Å². The monoisotopic (exact) mass is 673 g/mol. The van der Waals surface area contributed by atoms with Gasteiger partial charge in [0.25, 0.3) is 5.91 Å². The van der Waals surface area contributed by atoms with Crippen molar-refractivity contribution < 1.29 is 50.9 Å². The summed E-state index contributed by atoms with van der Waals surface area (Å²) in [4.78, 5) is 53.9. The Kier molecular flexibility index (Phi) is 11.2. The zero-order valence-electron chi connectivity index (χ0n) is 25.8. The molecule has 5 heterocycles. The van der Waals surface area contributed by atoms with Crippen LogP contribution in [0.5, 0.6) is 0 Å². The minimum Gasteiger partial charge on any atom is -0.475 e. The van der Waals surface area contributed by atoms with E-state index in [0.717, 1.165) is 43.3 Å². The summed E-state index contributed by atoms with van der Waals surface area (Å²) in [7, 11) is 0. The molecule has 0 unspecified atom stereocenters. The molecule has 18 heteroatoms. The highest BCUT2D eigenvalue weighted by atomic mass is 19.4. The molecule has 47 heavy (non-hydrogen) atoms. The molecule has 0 atom stereocenters. The van der Waals surface area contributed by atoms with Gasteiger partial charge in [0.05, 0.1) is 17.9 Å². The molecule has 2 N–H and O–H groups in total. The van der Waals surface area contributed by atoms with Crippen LogP contribution in [0.2, 0.25) is 0 Å². The Morgan fingerprint density at radius 1 is 0.894 bits per heavy atom. The maximum Gasteiger partial charge on any atom is 0.490 e. The largest absolute Gasteiger partial charge is 0.490 e. The first-order chi connectivity index (χ1) is 21.8. The van der Waals surface area contributed by atoms with Crippen LogP contribution < -0.4 is 4.90 Å². The van der Waals surface area contributed by atoms with Crippen molar-refractivity contribution in [3.63, 3.8) is 0 Å². The fraction of sp³-hybridized carbons (Fsp3) is 0.483. The quantitative estimate of drug-likeness (QED) is 0.373. The standard InChI is InChI=1S/C25H31N7O.2C2HF3O2/c1-17(2)32-19(4)29-22-21(32)15-31(23(33)20-14-18(3)6-11-26-20)16-25(22)7-12-30(13-8-25)24-27-9-5-10-28-24;2*3-2(4,5)1(6)7/h5-6,9-11,14,17H,7-8,12-13,15-16H2,1-4H3;2*(H,6,7). The number of imidazole rings is 1. The number of anilines is 1. The Morgan fingerprint density at radius 2 is 1.43 bits per heavy atom. The van der Waals surface area contributed by atoms with E-state index in [4.69, 9.17) is 24.8 Å². The first-order valence-electron chi connectivity index (χ1n) is 14.2. The number of amides is 1. The highest BCUT2D eigenvalue weighted by molar-refractivity contribution is 5.92. The predicted octanol–water partition coefficient (Wildman–Crippen LogP) is 4.73. The summed E-state index contributed by atoms with van der Waals surface area (Å²) in [5.41, 5.74) is 3.71. The molecule has 0 saturated carbocycles. The second-order valence-corrected chi connectivity index (χ2v) is 11.2. The second-order valence-electron chi connectivity index (χ2n) is 11.2. The molecule has 1 spiro atoms. The van der Waals surface area contributed by atoms with Crippen LogP contribution in [0, 0.1) is 13.8 Å². The third-order valence-electron chi connectivity index (χ3n) is 7.50. The van der Waals surface area contributed by atoms with E-state index in [1.807, 2.05) is 30.0 Å². The van der Waals surface area contributed by atoms with Gasteiger partial charge in [-0.25, -0.2) is 24.5 Å². The molecule has 1 amide bonds. The van der Waals surface area contributed by atoms with Crippen LogP contribution >= 0.6 is 0 Å². The third-order valence-corrected chi connectivity index (χ3v) is 7.50. The van der Waals surface area contributed by atoms with Gasteiger partial charge in [-0.1, -0.05) is 0 Å². The van der Waals surface area contributed by atoms with Gasteiger partial charge in [0.1, 0.15) is 11.5 Å². The Labute approximate surface area is 265 Å². The first kappa shape index (κ1) is 36.7. The molecular formula is C29H33F6N7O5. The molecule has 5 rings (SSSR count). The normalized spacial score (nSPS) is 15.6. The fourth-order valence-corrected chi connectivity index (χ4v) is 5.47. The summed E-state index contributed by atoms with van der Waals surface area (Å²) in [6.45, 7) is 11.3. The van der Waals surface area contributed by atoms with E-state index >= 15 is 0 Å². The van der Waals surface area contributed by atoms with Gasteiger partial charge in [0.15, 0.2) is 0 Å². The van der Waals surface area contributed by atoms with Crippen molar-refractivity contribution >= 4 is 23.8 Å². The molecule has 2 aliphatic rings. The lowest BCUT2D eigenvalue weighted by Crippen LogP contribution is -2.54. The highest BCUT2D eigenvalue weighted by Crippen LogP contribution is 2.43. The number of aryl methyl sites for hydroxylation is 2. The van der Waals surface area contributed by atoms with Crippen molar-refractivity contribution in [3.8, 4) is 0 Å². The van der Waals surface area contributed by atoms with E-state index in [0.29, 0.717) is 18.8 Å². The number of alkyl halides is 6. The van der Waals surface area contributed by atoms with Crippen LogP contribution in [0.25, 0.3) is 0 Å². The molecular weight excluding hydrogens is 640 g/mol. The van der Waals surface area contributed by atoms with Gasteiger partial charge in [-0.05, 0) is 64.3 Å². The lowest BCUT2D eigenvalue weighted by atomic mass is 9.72. The molecule has 256 valence electrons. The Hall–Kier alpha value is -4.77. The van der Waals surface area contributed by atoms with E-state index in [-0.39, 0.29) is 17.4 Å². The van der Waals surface area contributed by atoms with Gasteiger partial charge >= 0.3 is 24.3 Å². The van der Waals surface area contributed by atoms with Crippen LogP contribution in [0.3, 0.4) is 0 Å². The molecule has 12 nitrogen and oxygen atoms in total. The number of hydrogen-bond acceptors (Lipinski definition) is 8. The number of rotatable bonds is 3. The number of carbonyl (C=O) groups is 3. The lowest BCUT2D eigenvalue weighted by molar-refractivity contribution is -0.193. The van der Waals surface area contributed by atoms with Crippen molar-refractivity contribution in [2.75, 3.05) is 24.5 Å². The van der Waals surface area contributed by atoms with Crippen molar-refractivity contribution in [1.82, 2.24) is 29.4 Å². The van der Waals surface area contributed by atoms with Crippen LogP contribution in [-0.4, -0.2) is 89.4 Å². The minimum absolute atomic E-state index is 0.00768. The van der Waals surface area contributed by atoms with Crippen LogP contribution in [0.4, 0.5) is 32.3 Å². The zero-order chi connectivity index (χ0) is 35.3. The third kappa shape index (κ3) is 8.94. The number of piperidine rings is 1. The van der Waals surface area contributed by atoms with E-state index in [1.165, 1.54) is 11.4 Å². The molecule has 0 aromatic carbocycles. The molecule has 0 bridgehead atoms. The average molecular weight is 674 g/mol. The number of carbonyl (C=O) groups excluding carboxylic acids is 1. The summed E-state index contributed by atoms with van der Waals surface area (Å²) in [6, 6.07) is 5.92. The van der Waals surface area contributed by atoms with Crippen LogP contribution in [-0.2, 0) is 21.5 Å². The number of aromatic nitrogens is 5. The summed E-state index contributed by atoms with van der Waals surface area (Å²) in [6.07, 6.45) is -3.08. The number of carboxylic acid groups (broad SMARTS) is 2. The number of halogens is 6. The Bertz CT molecular complexity index is 1550. The molecule has 2 aliphatic heterocycles. The molecule has 0 radical (unpaired) electrons. The lowest BCUT2D eigenvalue weighted by Gasteiger charge is -2.47. The maximum absolute atomic E-state index is 13.6. The number of carboxylic acids is 2. The van der Waals surface area contributed by atoms with E-state index in [1.54, 1.807) is 18.6 Å². The van der Waals surface area contributed by atoms with Crippen molar-refractivity contribution in [3.05, 3.63) is 65.3 Å². The fourth-order valence-electron chi connectivity index (χ4n) is 5.47. The molecule has 1 saturated heterocycles. The van der Waals surface area contributed by atoms with Crippen molar-refractivity contribution in [1.29, 1.82) is 0 Å². The minimum atomic E-state index is -5.08. The summed E-state index contributed by atoms with van der Waals surface area (Å²) < 4.78 is 65.8. The topological polar surface area (TPSA) is 155 Å². The zero-order valence-corrected chi connectivity index (χ0v) is 25.8. The number of pyridine rings is 1. The van der Waals surface area contributed by atoms with E-state index < -0.39 is 24.3 Å². The van der Waals surface area contributed by atoms with E-state index in [2.05, 4.69) is 45.2 Å². The SMILES string of the molecule is Cc1ccnc(C(=O)N2Cc3c(nc(C)n3C(C)C)C3(CCN(c4ncccn4)CC3)C2)c1.O=C(O)C(F)(F)F.O=C(O)C(F)(F)F. The first-order valence-corrected chi connectivity index (χ1v) is 14.2. The predicted molar refractivity (Wildman–Crippen MR) is 154 cm³/mol. The van der Waals surface area contributed by atoms with Gasteiger partial charge in [-0.2, -0.15) is 26.3 Å². The number of hydrogen-bond donors (Lipinski definition) is 2. The molecule has 3 aromatic rings. The maximum atomic E-state index is 13.6. The van der Waals surface area contributed by atoms with Gasteiger partial charge in [0.2, 0.25) is 5.95 Å². The Morgan fingerprint density at radius 3 is 1.89 bits per heavy atom. The summed E-state index contributed by atoms with van der Waals surface area (Å²) >= 11 is 0. The van der Waals surface area contributed by atoms with Crippen molar-refractivity contribution in [2.45, 2.75) is 70.9 Å². The Balaban J connectivity index is 0.000000360.